The molecule has 1 aromatic carbocycles. The maximum absolute atomic E-state index is 13.8. The molecule has 0 aliphatic carbocycles. The lowest BCUT2D eigenvalue weighted by molar-refractivity contribution is -0.130. The molecule has 1 aliphatic heterocycles. The Balaban J connectivity index is 1.28. The highest BCUT2D eigenvalue weighted by Gasteiger charge is 2.23. The molecule has 0 bridgehead atoms. The Morgan fingerprint density at radius 3 is 2.63 bits per heavy atom. The van der Waals surface area contributed by atoms with Gasteiger partial charge in [-0.15, -0.1) is 15.3 Å². The molecule has 0 saturated carbocycles. The predicted octanol–water partition coefficient (Wildman–Crippen LogP) is 2.88. The average Bonchev–Trinajstić information content (AvgIpc) is 3.44. The van der Waals surface area contributed by atoms with Crippen LogP contribution in [-0.4, -0.2) is 56.8 Å². The molecule has 0 atom stereocenters. The maximum atomic E-state index is 13.8. The van der Waals surface area contributed by atoms with Crippen LogP contribution in [0, 0.1) is 5.82 Å². The summed E-state index contributed by atoms with van der Waals surface area (Å²) in [6.07, 6.45) is 0.0849. The first-order valence-corrected chi connectivity index (χ1v) is 10.6. The van der Waals surface area contributed by atoms with E-state index in [0.29, 0.717) is 43.2 Å². The van der Waals surface area contributed by atoms with Gasteiger partial charge in [0.25, 0.3) is 0 Å². The molecule has 0 radical (unpaired) electrons. The van der Waals surface area contributed by atoms with Crippen LogP contribution in [0.15, 0.2) is 53.2 Å². The number of hydrogen-bond acceptors (Lipinski definition) is 6. The Hall–Kier alpha value is -3.33. The molecule has 0 spiro atoms. The Morgan fingerprint density at radius 2 is 1.87 bits per heavy atom. The van der Waals surface area contributed by atoms with E-state index in [-0.39, 0.29) is 18.1 Å². The van der Waals surface area contributed by atoms with Crippen molar-refractivity contribution >= 4 is 28.7 Å². The monoisotopic (exact) mass is 422 g/mol. The fourth-order valence-electron chi connectivity index (χ4n) is 3.62. The lowest BCUT2D eigenvalue weighted by Gasteiger charge is -2.35. The molecule has 1 fully saturated rings. The van der Waals surface area contributed by atoms with E-state index in [9.17, 15) is 9.18 Å². The second-order valence-corrected chi connectivity index (χ2v) is 7.91. The first kappa shape index (κ1) is 18.7. The summed E-state index contributed by atoms with van der Waals surface area (Å²) in [6.45, 7) is 2.48. The molecule has 0 N–H and O–H groups in total. The molecule has 4 heterocycles. The normalized spacial score (nSPS) is 14.4. The number of hydrogen-bond donors (Lipinski definition) is 0. The van der Waals surface area contributed by atoms with Crippen LogP contribution in [0.5, 0.6) is 0 Å². The van der Waals surface area contributed by atoms with Gasteiger partial charge < -0.3 is 9.80 Å². The summed E-state index contributed by atoms with van der Waals surface area (Å²) in [5.74, 6) is 1.14. The zero-order chi connectivity index (χ0) is 20.5. The van der Waals surface area contributed by atoms with Crippen molar-refractivity contribution in [1.82, 2.24) is 24.7 Å². The number of thiophene rings is 1. The standard InChI is InChI=1S/C21H19FN6OS/c22-17-4-2-1-3-15(17)13-20(29)27-10-8-26(9-11-27)19-6-5-18-23-24-21(28(18)25-19)16-7-12-30-14-16/h1-7,12,14H,8-11,13H2. The zero-order valence-electron chi connectivity index (χ0n) is 16.1. The topological polar surface area (TPSA) is 66.6 Å². The third-order valence-electron chi connectivity index (χ3n) is 5.28. The third-order valence-corrected chi connectivity index (χ3v) is 5.97. The van der Waals surface area contributed by atoms with Crippen LogP contribution in [0.2, 0.25) is 0 Å². The molecule has 3 aromatic heterocycles. The predicted molar refractivity (Wildman–Crippen MR) is 113 cm³/mol. The highest BCUT2D eigenvalue weighted by atomic mass is 32.1. The highest BCUT2D eigenvalue weighted by molar-refractivity contribution is 7.08. The largest absolute Gasteiger partial charge is 0.352 e. The van der Waals surface area contributed by atoms with E-state index in [1.165, 1.54) is 6.07 Å². The number of nitrogens with zero attached hydrogens (tertiary/aromatic N) is 6. The molecule has 0 unspecified atom stereocenters. The van der Waals surface area contributed by atoms with E-state index in [4.69, 9.17) is 5.10 Å². The Bertz CT molecular complexity index is 1180. The summed E-state index contributed by atoms with van der Waals surface area (Å²) >= 11 is 1.60. The summed E-state index contributed by atoms with van der Waals surface area (Å²) in [6, 6.07) is 12.3. The number of carbonyl (C=O) groups excluding carboxylic acids is 1. The van der Waals surface area contributed by atoms with Gasteiger partial charge >= 0.3 is 0 Å². The van der Waals surface area contributed by atoms with Crippen molar-refractivity contribution < 1.29 is 9.18 Å². The van der Waals surface area contributed by atoms with E-state index in [0.717, 1.165) is 11.4 Å². The Labute approximate surface area is 176 Å². The van der Waals surface area contributed by atoms with Gasteiger partial charge in [-0.3, -0.25) is 4.79 Å². The fourth-order valence-corrected chi connectivity index (χ4v) is 4.26. The summed E-state index contributed by atoms with van der Waals surface area (Å²) in [5, 5.41) is 17.2. The van der Waals surface area contributed by atoms with Gasteiger partial charge in [-0.25, -0.2) is 4.39 Å². The van der Waals surface area contributed by atoms with Crippen LogP contribution < -0.4 is 4.90 Å². The molecule has 152 valence electrons. The number of piperazine rings is 1. The number of carbonyl (C=O) groups is 1. The van der Waals surface area contributed by atoms with E-state index in [1.807, 2.05) is 29.0 Å². The minimum absolute atomic E-state index is 0.0540. The van der Waals surface area contributed by atoms with Gasteiger partial charge in [0, 0.05) is 37.1 Å². The number of aromatic nitrogens is 4. The molecule has 4 aromatic rings. The zero-order valence-corrected chi connectivity index (χ0v) is 16.9. The van der Waals surface area contributed by atoms with Crippen molar-refractivity contribution in [2.24, 2.45) is 0 Å². The van der Waals surface area contributed by atoms with Gasteiger partial charge in [-0.2, -0.15) is 15.9 Å². The van der Waals surface area contributed by atoms with Crippen molar-refractivity contribution in [3.05, 3.63) is 64.6 Å². The van der Waals surface area contributed by atoms with E-state index >= 15 is 0 Å². The van der Waals surface area contributed by atoms with Crippen molar-refractivity contribution in [2.75, 3.05) is 31.1 Å². The maximum Gasteiger partial charge on any atom is 0.227 e. The summed E-state index contributed by atoms with van der Waals surface area (Å²) in [5.41, 5.74) is 2.12. The molecule has 1 amide bonds. The van der Waals surface area contributed by atoms with Gasteiger partial charge in [0.2, 0.25) is 5.91 Å². The lowest BCUT2D eigenvalue weighted by atomic mass is 10.1. The van der Waals surface area contributed by atoms with Crippen LogP contribution in [0.4, 0.5) is 10.2 Å². The summed E-state index contributed by atoms with van der Waals surface area (Å²) in [7, 11) is 0. The van der Waals surface area contributed by atoms with Crippen molar-refractivity contribution in [3.63, 3.8) is 0 Å². The Kier molecular flexibility index (Phi) is 4.88. The van der Waals surface area contributed by atoms with Crippen LogP contribution in [0.25, 0.3) is 17.0 Å². The Morgan fingerprint density at radius 1 is 1.03 bits per heavy atom. The first-order chi connectivity index (χ1) is 14.7. The molecule has 7 nitrogen and oxygen atoms in total. The fraction of sp³-hybridized carbons (Fsp3) is 0.238. The molecule has 1 aliphatic rings. The van der Waals surface area contributed by atoms with Gasteiger partial charge in [0.05, 0.1) is 6.42 Å². The average molecular weight is 422 g/mol. The van der Waals surface area contributed by atoms with Crippen LogP contribution in [-0.2, 0) is 11.2 Å². The molecule has 1 saturated heterocycles. The van der Waals surface area contributed by atoms with Gasteiger partial charge in [-0.05, 0) is 35.2 Å². The number of anilines is 1. The number of rotatable bonds is 4. The SMILES string of the molecule is O=C(Cc1ccccc1F)N1CCN(c2ccc3nnc(-c4ccsc4)n3n2)CC1. The molecule has 9 heteroatoms. The number of benzene rings is 1. The second-order valence-electron chi connectivity index (χ2n) is 7.13. The molecule has 5 rings (SSSR count). The lowest BCUT2D eigenvalue weighted by Crippen LogP contribution is -2.49. The van der Waals surface area contributed by atoms with Crippen molar-refractivity contribution in [2.45, 2.75) is 6.42 Å². The highest BCUT2D eigenvalue weighted by Crippen LogP contribution is 2.22. The van der Waals surface area contributed by atoms with Gasteiger partial charge in [-0.1, -0.05) is 18.2 Å². The number of halogens is 1. The first-order valence-electron chi connectivity index (χ1n) is 9.70. The summed E-state index contributed by atoms with van der Waals surface area (Å²) in [4.78, 5) is 16.5. The molecule has 30 heavy (non-hydrogen) atoms. The molecular weight excluding hydrogens is 403 g/mol. The van der Waals surface area contributed by atoms with Gasteiger partial charge in [0.15, 0.2) is 11.5 Å². The number of fused-ring (bicyclic) bond motifs is 1. The quantitative estimate of drug-likeness (QED) is 0.506. The van der Waals surface area contributed by atoms with E-state index in [1.54, 1.807) is 39.0 Å². The second kappa shape index (κ2) is 7.83. The van der Waals surface area contributed by atoms with Crippen LogP contribution in [0.3, 0.4) is 0 Å². The smallest absolute Gasteiger partial charge is 0.227 e. The van der Waals surface area contributed by atoms with Crippen LogP contribution in [0.1, 0.15) is 5.56 Å². The van der Waals surface area contributed by atoms with Gasteiger partial charge in [0.1, 0.15) is 11.6 Å². The third kappa shape index (κ3) is 3.52. The van der Waals surface area contributed by atoms with E-state index in [2.05, 4.69) is 15.1 Å². The molecular formula is C21H19FN6OS. The minimum Gasteiger partial charge on any atom is -0.352 e. The minimum atomic E-state index is -0.336. The van der Waals surface area contributed by atoms with Crippen molar-refractivity contribution in [1.29, 1.82) is 0 Å². The van der Waals surface area contributed by atoms with E-state index < -0.39 is 0 Å². The van der Waals surface area contributed by atoms with Crippen LogP contribution >= 0.6 is 11.3 Å². The number of amides is 1. The summed E-state index contributed by atoms with van der Waals surface area (Å²) < 4.78 is 15.6. The van der Waals surface area contributed by atoms with Crippen molar-refractivity contribution in [3.8, 4) is 11.4 Å².